The van der Waals surface area contributed by atoms with Crippen LogP contribution in [0.4, 0.5) is 0 Å². The molecular weight excluding hydrogens is 188 g/mol. The quantitative estimate of drug-likeness (QED) is 0.718. The van der Waals surface area contributed by atoms with E-state index in [1.54, 1.807) is 0 Å². The summed E-state index contributed by atoms with van der Waals surface area (Å²) in [5.74, 6) is 0.831. The second-order valence-electron chi connectivity index (χ2n) is 5.58. The van der Waals surface area contributed by atoms with Crippen molar-refractivity contribution in [3.05, 3.63) is 0 Å². The van der Waals surface area contributed by atoms with Crippen molar-refractivity contribution < 1.29 is 4.79 Å². The Balaban J connectivity index is 2.52. The topological polar surface area (TPSA) is 46.3 Å². The Hall–Kier alpha value is -0.570. The minimum absolute atomic E-state index is 0.101. The van der Waals surface area contributed by atoms with Crippen LogP contribution in [0.15, 0.2) is 0 Å². The first-order valence-corrected chi connectivity index (χ1v) is 5.93. The summed E-state index contributed by atoms with van der Waals surface area (Å²) in [4.78, 5) is 13.4. The van der Waals surface area contributed by atoms with E-state index < -0.39 is 0 Å². The maximum absolute atomic E-state index is 11.5. The molecule has 1 heterocycles. The molecule has 0 saturated carbocycles. The molecule has 1 unspecified atom stereocenters. The van der Waals surface area contributed by atoms with Crippen LogP contribution >= 0.6 is 0 Å². The maximum Gasteiger partial charge on any atom is 0.236 e. The molecule has 1 aliphatic rings. The summed E-state index contributed by atoms with van der Waals surface area (Å²) >= 11 is 0. The minimum Gasteiger partial charge on any atom is -0.342 e. The Bertz CT molecular complexity index is 220. The van der Waals surface area contributed by atoms with E-state index >= 15 is 0 Å². The molecule has 0 aromatic heterocycles. The van der Waals surface area contributed by atoms with Gasteiger partial charge in [-0.25, -0.2) is 0 Å². The van der Waals surface area contributed by atoms with Gasteiger partial charge in [0.1, 0.15) is 0 Å². The highest BCUT2D eigenvalue weighted by Crippen LogP contribution is 2.34. The monoisotopic (exact) mass is 212 g/mol. The lowest BCUT2D eigenvalue weighted by atomic mass is 9.77. The summed E-state index contributed by atoms with van der Waals surface area (Å²) in [5, 5.41) is 0. The second kappa shape index (κ2) is 4.97. The molecule has 1 rings (SSSR count). The SMILES string of the molecule is CC(C)(C)C1CCCN(C(=O)CN)CC1. The molecule has 0 aromatic carbocycles. The van der Waals surface area contributed by atoms with Crippen LogP contribution in [0.5, 0.6) is 0 Å². The van der Waals surface area contributed by atoms with Crippen LogP contribution in [-0.4, -0.2) is 30.4 Å². The number of hydrogen-bond acceptors (Lipinski definition) is 2. The molecular formula is C12H24N2O. The van der Waals surface area contributed by atoms with Crippen molar-refractivity contribution in [1.29, 1.82) is 0 Å². The highest BCUT2D eigenvalue weighted by atomic mass is 16.2. The van der Waals surface area contributed by atoms with Crippen molar-refractivity contribution >= 4 is 5.91 Å². The van der Waals surface area contributed by atoms with Gasteiger partial charge in [0.15, 0.2) is 0 Å². The standard InChI is InChI=1S/C12H24N2O/c1-12(2,3)10-5-4-7-14(8-6-10)11(15)9-13/h10H,4-9,13H2,1-3H3. The smallest absolute Gasteiger partial charge is 0.236 e. The minimum atomic E-state index is 0.101. The third-order valence-corrected chi connectivity index (χ3v) is 3.48. The largest absolute Gasteiger partial charge is 0.342 e. The summed E-state index contributed by atoms with van der Waals surface area (Å²) in [6, 6.07) is 0. The Morgan fingerprint density at radius 1 is 1.33 bits per heavy atom. The third kappa shape index (κ3) is 3.49. The maximum atomic E-state index is 11.5. The van der Waals surface area contributed by atoms with Gasteiger partial charge in [-0.3, -0.25) is 4.79 Å². The molecule has 3 nitrogen and oxygen atoms in total. The summed E-state index contributed by atoms with van der Waals surface area (Å²) in [7, 11) is 0. The number of rotatable bonds is 1. The zero-order chi connectivity index (χ0) is 11.5. The first kappa shape index (κ1) is 12.5. The molecule has 2 N–H and O–H groups in total. The van der Waals surface area contributed by atoms with Gasteiger partial charge in [-0.15, -0.1) is 0 Å². The molecule has 15 heavy (non-hydrogen) atoms. The average molecular weight is 212 g/mol. The van der Waals surface area contributed by atoms with Gasteiger partial charge in [-0.1, -0.05) is 20.8 Å². The molecule has 3 heteroatoms. The second-order valence-corrected chi connectivity index (χ2v) is 5.58. The van der Waals surface area contributed by atoms with Gasteiger partial charge in [0.25, 0.3) is 0 Å². The van der Waals surface area contributed by atoms with E-state index in [0.717, 1.165) is 31.8 Å². The van der Waals surface area contributed by atoms with Crippen molar-refractivity contribution in [3.8, 4) is 0 Å². The van der Waals surface area contributed by atoms with Gasteiger partial charge in [0.05, 0.1) is 6.54 Å². The van der Waals surface area contributed by atoms with Crippen LogP contribution in [0.3, 0.4) is 0 Å². The predicted molar refractivity (Wildman–Crippen MR) is 62.4 cm³/mol. The fraction of sp³-hybridized carbons (Fsp3) is 0.917. The molecule has 0 aromatic rings. The fourth-order valence-corrected chi connectivity index (χ4v) is 2.34. The fourth-order valence-electron chi connectivity index (χ4n) is 2.34. The van der Waals surface area contributed by atoms with Crippen molar-refractivity contribution in [2.75, 3.05) is 19.6 Å². The van der Waals surface area contributed by atoms with Gasteiger partial charge in [-0.05, 0) is 30.6 Å². The van der Waals surface area contributed by atoms with Crippen molar-refractivity contribution in [1.82, 2.24) is 4.90 Å². The molecule has 1 atom stereocenters. The van der Waals surface area contributed by atoms with Crippen LogP contribution in [0.25, 0.3) is 0 Å². The van der Waals surface area contributed by atoms with Crippen LogP contribution in [-0.2, 0) is 4.79 Å². The van der Waals surface area contributed by atoms with Gasteiger partial charge >= 0.3 is 0 Å². The molecule has 1 saturated heterocycles. The lowest BCUT2D eigenvalue weighted by Gasteiger charge is -2.29. The van der Waals surface area contributed by atoms with E-state index in [0.29, 0.717) is 5.41 Å². The zero-order valence-corrected chi connectivity index (χ0v) is 10.3. The van der Waals surface area contributed by atoms with E-state index in [1.807, 2.05) is 4.90 Å². The van der Waals surface area contributed by atoms with E-state index in [1.165, 1.54) is 6.42 Å². The lowest BCUT2D eigenvalue weighted by Crippen LogP contribution is -2.36. The van der Waals surface area contributed by atoms with E-state index in [2.05, 4.69) is 20.8 Å². The Labute approximate surface area is 93.0 Å². The van der Waals surface area contributed by atoms with Gasteiger partial charge in [0.2, 0.25) is 5.91 Å². The zero-order valence-electron chi connectivity index (χ0n) is 10.3. The van der Waals surface area contributed by atoms with E-state index in [4.69, 9.17) is 5.73 Å². The third-order valence-electron chi connectivity index (χ3n) is 3.48. The molecule has 1 amide bonds. The van der Waals surface area contributed by atoms with Gasteiger partial charge < -0.3 is 10.6 Å². The molecule has 0 spiro atoms. The van der Waals surface area contributed by atoms with Crippen molar-refractivity contribution in [3.63, 3.8) is 0 Å². The summed E-state index contributed by atoms with van der Waals surface area (Å²) in [6.45, 7) is 8.80. The number of carbonyl (C=O) groups excluding carboxylic acids is 1. The lowest BCUT2D eigenvalue weighted by molar-refractivity contribution is -0.129. The molecule has 1 aliphatic heterocycles. The number of carbonyl (C=O) groups is 1. The molecule has 0 bridgehead atoms. The first-order valence-electron chi connectivity index (χ1n) is 5.93. The number of nitrogens with zero attached hydrogens (tertiary/aromatic N) is 1. The van der Waals surface area contributed by atoms with Crippen molar-refractivity contribution in [2.45, 2.75) is 40.0 Å². The molecule has 1 fully saturated rings. The van der Waals surface area contributed by atoms with Crippen molar-refractivity contribution in [2.24, 2.45) is 17.1 Å². The summed E-state index contributed by atoms with van der Waals surface area (Å²) in [6.07, 6.45) is 3.47. The van der Waals surface area contributed by atoms with Crippen LogP contribution in [0.2, 0.25) is 0 Å². The highest BCUT2D eigenvalue weighted by Gasteiger charge is 2.27. The molecule has 88 valence electrons. The van der Waals surface area contributed by atoms with E-state index in [9.17, 15) is 4.79 Å². The normalized spacial score (nSPS) is 23.7. The molecule has 0 aliphatic carbocycles. The Morgan fingerprint density at radius 2 is 2.00 bits per heavy atom. The average Bonchev–Trinajstić information content (AvgIpc) is 2.40. The van der Waals surface area contributed by atoms with Crippen LogP contribution in [0.1, 0.15) is 40.0 Å². The first-order chi connectivity index (χ1) is 6.95. The van der Waals surface area contributed by atoms with Crippen LogP contribution in [0, 0.1) is 11.3 Å². The van der Waals surface area contributed by atoms with E-state index in [-0.39, 0.29) is 12.5 Å². The number of likely N-dealkylation sites (tertiary alicyclic amines) is 1. The predicted octanol–water partition coefficient (Wildman–Crippen LogP) is 1.62. The summed E-state index contributed by atoms with van der Waals surface area (Å²) in [5.41, 5.74) is 5.75. The summed E-state index contributed by atoms with van der Waals surface area (Å²) < 4.78 is 0. The highest BCUT2D eigenvalue weighted by molar-refractivity contribution is 5.77. The Kier molecular flexibility index (Phi) is 4.14. The van der Waals surface area contributed by atoms with Gasteiger partial charge in [0, 0.05) is 13.1 Å². The van der Waals surface area contributed by atoms with Crippen LogP contribution < -0.4 is 5.73 Å². The number of amides is 1. The molecule has 0 radical (unpaired) electrons. The van der Waals surface area contributed by atoms with Gasteiger partial charge in [-0.2, -0.15) is 0 Å². The Morgan fingerprint density at radius 3 is 2.53 bits per heavy atom. The number of nitrogens with two attached hydrogens (primary N) is 1. The number of hydrogen-bond donors (Lipinski definition) is 1.